The van der Waals surface area contributed by atoms with Gasteiger partial charge in [0, 0.05) is 6.42 Å². The first-order valence-electron chi connectivity index (χ1n) is 9.81. The average molecular weight is 374 g/mol. The van der Waals surface area contributed by atoms with Crippen LogP contribution in [0.15, 0.2) is 0 Å². The maximum Gasteiger partial charge on any atom is 0.209 e. The number of nitrogens with two attached hydrogens (primary N) is 1. The van der Waals surface area contributed by atoms with Gasteiger partial charge in [0.2, 0.25) is 10.0 Å². The number of primary sulfonamides is 1. The van der Waals surface area contributed by atoms with Crippen molar-refractivity contribution < 1.29 is 8.42 Å². The highest BCUT2D eigenvalue weighted by atomic mass is 32.2. The Hall–Kier alpha value is -1.02. The highest BCUT2D eigenvalue weighted by molar-refractivity contribution is 7.89. The topological polar surface area (TPSA) is 115 Å². The monoisotopic (exact) mass is 373 g/mol. The third-order valence-corrected chi connectivity index (χ3v) is 5.33. The van der Waals surface area contributed by atoms with E-state index in [1.165, 1.54) is 64.2 Å². The van der Waals surface area contributed by atoms with Crippen molar-refractivity contribution in [2.45, 2.75) is 96.3 Å². The van der Waals surface area contributed by atoms with Crippen LogP contribution in [0.2, 0.25) is 0 Å². The molecule has 0 fully saturated rings. The van der Waals surface area contributed by atoms with Gasteiger partial charge in [0.1, 0.15) is 0 Å². The summed E-state index contributed by atoms with van der Waals surface area (Å²) in [6.45, 7) is 0. The normalized spacial score (nSPS) is 11.9. The van der Waals surface area contributed by atoms with E-state index < -0.39 is 10.0 Å². The Morgan fingerprint density at radius 2 is 1.16 bits per heavy atom. The van der Waals surface area contributed by atoms with Crippen LogP contribution in [0, 0.1) is 0 Å². The summed E-state index contributed by atoms with van der Waals surface area (Å²) in [5.74, 6) is 0.953. The van der Waals surface area contributed by atoms with Crippen molar-refractivity contribution in [3.05, 3.63) is 5.82 Å². The Morgan fingerprint density at radius 1 is 0.720 bits per heavy atom. The molecule has 0 amide bonds. The number of H-pyrrole nitrogens is 1. The summed E-state index contributed by atoms with van der Waals surface area (Å²) in [7, 11) is -3.26. The predicted molar refractivity (Wildman–Crippen MR) is 100 cm³/mol. The molecule has 0 aliphatic heterocycles. The van der Waals surface area contributed by atoms with Crippen LogP contribution in [0.3, 0.4) is 0 Å². The van der Waals surface area contributed by atoms with Gasteiger partial charge in [-0.25, -0.2) is 13.6 Å². The summed E-state index contributed by atoms with van der Waals surface area (Å²) in [6, 6.07) is 0. The fourth-order valence-corrected chi connectivity index (χ4v) is 3.60. The molecular weight excluding hydrogens is 338 g/mol. The zero-order chi connectivity index (χ0) is 18.2. The molecule has 0 spiro atoms. The largest absolute Gasteiger partial charge is 0.229 e. The highest BCUT2D eigenvalue weighted by Crippen LogP contribution is 2.13. The molecule has 0 bridgehead atoms. The quantitative estimate of drug-likeness (QED) is 0.406. The zero-order valence-corrected chi connectivity index (χ0v) is 16.3. The SMILES string of the molecule is NS(=O)(=O)CCCCCCCCCCCCCCCCc1nn[nH]n1. The van der Waals surface area contributed by atoms with Crippen molar-refractivity contribution in [3.63, 3.8) is 0 Å². The first kappa shape index (κ1) is 22.0. The summed E-state index contributed by atoms with van der Waals surface area (Å²) in [5, 5.41) is 18.9. The zero-order valence-electron chi connectivity index (χ0n) is 15.5. The van der Waals surface area contributed by atoms with Crippen LogP contribution in [0.25, 0.3) is 0 Å². The van der Waals surface area contributed by atoms with Gasteiger partial charge in [0.05, 0.1) is 5.75 Å². The number of rotatable bonds is 17. The summed E-state index contributed by atoms with van der Waals surface area (Å²) in [4.78, 5) is 0. The van der Waals surface area contributed by atoms with Crippen molar-refractivity contribution in [2.24, 2.45) is 5.14 Å². The van der Waals surface area contributed by atoms with Crippen LogP contribution >= 0.6 is 0 Å². The number of aromatic nitrogens is 4. The lowest BCUT2D eigenvalue weighted by atomic mass is 10.0. The molecule has 0 radical (unpaired) electrons. The molecule has 1 rings (SSSR count). The lowest BCUT2D eigenvalue weighted by Gasteiger charge is -2.03. The molecule has 0 aliphatic carbocycles. The minimum absolute atomic E-state index is 0.129. The van der Waals surface area contributed by atoms with Gasteiger partial charge in [0.15, 0.2) is 5.82 Å². The van der Waals surface area contributed by atoms with Crippen LogP contribution in [-0.4, -0.2) is 34.8 Å². The fraction of sp³-hybridized carbons (Fsp3) is 0.941. The molecule has 1 aromatic heterocycles. The number of nitrogens with zero attached hydrogens (tertiary/aromatic N) is 3. The standard InChI is InChI=1S/C17H35N5O2S/c18-25(23,24)16-14-12-10-8-6-4-2-1-3-5-7-9-11-13-15-17-19-21-22-20-17/h1-16H2,(H2,18,23,24)(H,19,20,21,22). The van der Waals surface area contributed by atoms with Gasteiger partial charge in [-0.2, -0.15) is 5.21 Å². The third-order valence-electron chi connectivity index (χ3n) is 4.47. The van der Waals surface area contributed by atoms with Crippen molar-refractivity contribution in [3.8, 4) is 0 Å². The van der Waals surface area contributed by atoms with E-state index in [0.29, 0.717) is 6.42 Å². The minimum Gasteiger partial charge on any atom is -0.229 e. The predicted octanol–water partition coefficient (Wildman–Crippen LogP) is 3.49. The Kier molecular flexibility index (Phi) is 12.5. The van der Waals surface area contributed by atoms with Gasteiger partial charge in [-0.3, -0.25) is 0 Å². The molecule has 8 heteroatoms. The van der Waals surface area contributed by atoms with E-state index in [9.17, 15) is 8.42 Å². The Bertz CT molecular complexity index is 505. The summed E-state index contributed by atoms with van der Waals surface area (Å²) >= 11 is 0. The molecule has 146 valence electrons. The number of aryl methyl sites for hydroxylation is 1. The van der Waals surface area contributed by atoms with E-state index in [1.54, 1.807) is 0 Å². The molecule has 7 nitrogen and oxygen atoms in total. The molecule has 0 saturated carbocycles. The van der Waals surface area contributed by atoms with Crippen molar-refractivity contribution in [1.29, 1.82) is 0 Å². The second kappa shape index (κ2) is 14.2. The third kappa shape index (κ3) is 15.0. The molecule has 0 aromatic carbocycles. The minimum atomic E-state index is -3.26. The molecule has 0 aliphatic rings. The number of hydrogen-bond acceptors (Lipinski definition) is 5. The number of aromatic amines is 1. The molecule has 1 aromatic rings. The second-order valence-electron chi connectivity index (χ2n) is 6.89. The van der Waals surface area contributed by atoms with Crippen molar-refractivity contribution in [1.82, 2.24) is 20.6 Å². The number of nitrogens with one attached hydrogen (secondary N) is 1. The Morgan fingerprint density at radius 3 is 1.56 bits per heavy atom. The van der Waals surface area contributed by atoms with E-state index >= 15 is 0 Å². The van der Waals surface area contributed by atoms with Crippen LogP contribution in [0.5, 0.6) is 0 Å². The highest BCUT2D eigenvalue weighted by Gasteiger charge is 2.01. The van der Waals surface area contributed by atoms with Gasteiger partial charge in [-0.05, 0) is 12.8 Å². The van der Waals surface area contributed by atoms with Gasteiger partial charge in [-0.1, -0.05) is 82.3 Å². The molecule has 0 atom stereocenters. The molecule has 1 heterocycles. The lowest BCUT2D eigenvalue weighted by Crippen LogP contribution is -2.16. The first-order chi connectivity index (χ1) is 12.1. The van der Waals surface area contributed by atoms with Gasteiger partial charge >= 0.3 is 0 Å². The van der Waals surface area contributed by atoms with Crippen molar-refractivity contribution in [2.75, 3.05) is 5.75 Å². The molecular formula is C17H35N5O2S. The molecule has 3 N–H and O–H groups in total. The Labute approximate surface area is 152 Å². The van der Waals surface area contributed by atoms with E-state index in [-0.39, 0.29) is 5.75 Å². The molecule has 25 heavy (non-hydrogen) atoms. The van der Waals surface area contributed by atoms with Crippen LogP contribution in [0.4, 0.5) is 0 Å². The molecule has 0 saturated heterocycles. The van der Waals surface area contributed by atoms with Crippen LogP contribution in [-0.2, 0) is 16.4 Å². The lowest BCUT2D eigenvalue weighted by molar-refractivity contribution is 0.533. The number of tetrazole rings is 1. The van der Waals surface area contributed by atoms with Crippen LogP contribution in [0.1, 0.15) is 95.7 Å². The van der Waals surface area contributed by atoms with Crippen molar-refractivity contribution >= 4 is 10.0 Å². The second-order valence-corrected chi connectivity index (χ2v) is 8.63. The smallest absolute Gasteiger partial charge is 0.209 e. The van der Waals surface area contributed by atoms with Gasteiger partial charge < -0.3 is 0 Å². The average Bonchev–Trinajstić information content (AvgIpc) is 3.07. The van der Waals surface area contributed by atoms with E-state index in [2.05, 4.69) is 20.6 Å². The maximum absolute atomic E-state index is 10.8. The van der Waals surface area contributed by atoms with Gasteiger partial charge in [-0.15, -0.1) is 10.2 Å². The number of hydrogen-bond donors (Lipinski definition) is 2. The van der Waals surface area contributed by atoms with Crippen LogP contribution < -0.4 is 5.14 Å². The number of sulfonamides is 1. The fourth-order valence-electron chi connectivity index (χ4n) is 3.00. The van der Waals surface area contributed by atoms with Gasteiger partial charge in [0.25, 0.3) is 0 Å². The summed E-state index contributed by atoms with van der Waals surface area (Å²) in [6.07, 6.45) is 17.9. The summed E-state index contributed by atoms with van der Waals surface area (Å²) < 4.78 is 21.6. The first-order valence-corrected chi connectivity index (χ1v) is 11.5. The number of unbranched alkanes of at least 4 members (excludes halogenated alkanes) is 13. The molecule has 0 unspecified atom stereocenters. The Balaban J connectivity index is 1.70. The maximum atomic E-state index is 10.8. The van der Waals surface area contributed by atoms with E-state index in [4.69, 9.17) is 5.14 Å². The summed E-state index contributed by atoms with van der Waals surface area (Å²) in [5.41, 5.74) is 0. The van der Waals surface area contributed by atoms with E-state index in [0.717, 1.165) is 31.5 Å². The van der Waals surface area contributed by atoms with E-state index in [1.807, 2.05) is 0 Å².